The summed E-state index contributed by atoms with van der Waals surface area (Å²) in [5.41, 5.74) is 7.17. The first-order valence-corrected chi connectivity index (χ1v) is 6.64. The minimum Gasteiger partial charge on any atom is -0.493 e. The zero-order valence-electron chi connectivity index (χ0n) is 11.0. The fraction of sp³-hybridized carbons (Fsp3) is 0.250. The van der Waals surface area contributed by atoms with Crippen LogP contribution in [0.5, 0.6) is 11.5 Å². The molecule has 0 aliphatic carbocycles. The number of ether oxygens (including phenoxy) is 2. The van der Waals surface area contributed by atoms with Crippen molar-refractivity contribution in [2.45, 2.75) is 12.3 Å². The summed E-state index contributed by atoms with van der Waals surface area (Å²) in [7, 11) is 0. The summed E-state index contributed by atoms with van der Waals surface area (Å²) in [5, 5.41) is 0. The Balaban J connectivity index is 1.77. The molecular formula is C16H16FNO2. The van der Waals surface area contributed by atoms with Gasteiger partial charge in [0.25, 0.3) is 0 Å². The SMILES string of the molecule is Nc1cccc(F)c1OCC1CCOc2ccccc21. The highest BCUT2D eigenvalue weighted by atomic mass is 19.1. The summed E-state index contributed by atoms with van der Waals surface area (Å²) >= 11 is 0. The van der Waals surface area contributed by atoms with Crippen LogP contribution in [0.2, 0.25) is 0 Å². The first-order valence-electron chi connectivity index (χ1n) is 6.64. The maximum absolute atomic E-state index is 13.7. The Morgan fingerprint density at radius 3 is 2.90 bits per heavy atom. The number of hydrogen-bond acceptors (Lipinski definition) is 3. The molecule has 0 saturated carbocycles. The van der Waals surface area contributed by atoms with Crippen LogP contribution in [0.1, 0.15) is 17.9 Å². The van der Waals surface area contributed by atoms with E-state index in [1.54, 1.807) is 12.1 Å². The van der Waals surface area contributed by atoms with Gasteiger partial charge in [0.05, 0.1) is 18.9 Å². The summed E-state index contributed by atoms with van der Waals surface area (Å²) < 4.78 is 24.9. The second-order valence-electron chi connectivity index (χ2n) is 4.84. The lowest BCUT2D eigenvalue weighted by molar-refractivity contribution is 0.214. The molecule has 2 N–H and O–H groups in total. The lowest BCUT2D eigenvalue weighted by atomic mass is 9.94. The highest BCUT2D eigenvalue weighted by Gasteiger charge is 2.22. The second-order valence-corrected chi connectivity index (χ2v) is 4.84. The summed E-state index contributed by atoms with van der Waals surface area (Å²) in [6, 6.07) is 12.4. The van der Waals surface area contributed by atoms with Crippen molar-refractivity contribution in [3.8, 4) is 11.5 Å². The molecule has 0 fully saturated rings. The molecule has 20 heavy (non-hydrogen) atoms. The molecule has 3 rings (SSSR count). The second kappa shape index (κ2) is 5.41. The minimum absolute atomic E-state index is 0.136. The van der Waals surface area contributed by atoms with E-state index in [9.17, 15) is 4.39 Å². The highest BCUT2D eigenvalue weighted by Crippen LogP contribution is 2.34. The summed E-state index contributed by atoms with van der Waals surface area (Å²) in [4.78, 5) is 0. The van der Waals surface area contributed by atoms with Crippen LogP contribution in [0, 0.1) is 5.82 Å². The van der Waals surface area contributed by atoms with E-state index in [1.807, 2.05) is 24.3 Å². The summed E-state index contributed by atoms with van der Waals surface area (Å²) in [6.07, 6.45) is 0.853. The third-order valence-corrected chi connectivity index (χ3v) is 3.51. The third-order valence-electron chi connectivity index (χ3n) is 3.51. The molecule has 0 spiro atoms. The fourth-order valence-corrected chi connectivity index (χ4v) is 2.45. The molecule has 4 heteroatoms. The molecule has 1 heterocycles. The van der Waals surface area contributed by atoms with Crippen molar-refractivity contribution in [1.29, 1.82) is 0 Å². The average molecular weight is 273 g/mol. The predicted molar refractivity (Wildman–Crippen MR) is 75.6 cm³/mol. The monoisotopic (exact) mass is 273 g/mol. The first kappa shape index (κ1) is 12.8. The lowest BCUT2D eigenvalue weighted by Crippen LogP contribution is -2.20. The van der Waals surface area contributed by atoms with Crippen LogP contribution in [-0.4, -0.2) is 13.2 Å². The van der Waals surface area contributed by atoms with Crippen LogP contribution in [0.15, 0.2) is 42.5 Å². The Bertz CT molecular complexity index is 595. The normalized spacial score (nSPS) is 17.1. The molecule has 0 amide bonds. The maximum atomic E-state index is 13.7. The van der Waals surface area contributed by atoms with E-state index >= 15 is 0 Å². The molecule has 0 saturated heterocycles. The van der Waals surface area contributed by atoms with Gasteiger partial charge in [-0.05, 0) is 24.6 Å². The van der Waals surface area contributed by atoms with Gasteiger partial charge in [0.1, 0.15) is 5.75 Å². The van der Waals surface area contributed by atoms with E-state index in [-0.39, 0.29) is 11.7 Å². The molecule has 1 atom stereocenters. The fourth-order valence-electron chi connectivity index (χ4n) is 2.45. The molecule has 0 bridgehead atoms. The third kappa shape index (κ3) is 2.41. The van der Waals surface area contributed by atoms with Crippen molar-refractivity contribution in [3.63, 3.8) is 0 Å². The zero-order valence-corrected chi connectivity index (χ0v) is 11.0. The van der Waals surface area contributed by atoms with Crippen LogP contribution in [-0.2, 0) is 0 Å². The van der Waals surface area contributed by atoms with Gasteiger partial charge in [0, 0.05) is 11.5 Å². The number of para-hydroxylation sites is 2. The van der Waals surface area contributed by atoms with Crippen LogP contribution in [0.3, 0.4) is 0 Å². The van der Waals surface area contributed by atoms with Gasteiger partial charge in [-0.1, -0.05) is 24.3 Å². The largest absolute Gasteiger partial charge is 0.493 e. The standard InChI is InChI=1S/C16H16FNO2/c17-13-5-3-6-14(18)16(13)20-10-11-8-9-19-15-7-2-1-4-12(11)15/h1-7,11H,8-10,18H2. The van der Waals surface area contributed by atoms with Crippen LogP contribution in [0.4, 0.5) is 10.1 Å². The average Bonchev–Trinajstić information content (AvgIpc) is 2.47. The molecule has 3 nitrogen and oxygen atoms in total. The Labute approximate surface area is 117 Å². The van der Waals surface area contributed by atoms with E-state index < -0.39 is 5.82 Å². The van der Waals surface area contributed by atoms with Crippen molar-refractivity contribution in [2.24, 2.45) is 0 Å². The molecule has 0 radical (unpaired) electrons. The Morgan fingerprint density at radius 1 is 1.20 bits per heavy atom. The molecule has 1 aliphatic rings. The smallest absolute Gasteiger partial charge is 0.177 e. The summed E-state index contributed by atoms with van der Waals surface area (Å²) in [5.74, 6) is 0.787. The Kier molecular flexibility index (Phi) is 3.46. The number of hydrogen-bond donors (Lipinski definition) is 1. The Hall–Kier alpha value is -2.23. The molecule has 1 unspecified atom stereocenters. The first-order chi connectivity index (χ1) is 9.75. The van der Waals surface area contributed by atoms with Crippen molar-refractivity contribution in [1.82, 2.24) is 0 Å². The van der Waals surface area contributed by atoms with Gasteiger partial charge >= 0.3 is 0 Å². The van der Waals surface area contributed by atoms with Gasteiger partial charge in [-0.25, -0.2) is 4.39 Å². The molecule has 104 valence electrons. The number of halogens is 1. The Morgan fingerprint density at radius 2 is 2.05 bits per heavy atom. The number of rotatable bonds is 3. The van der Waals surface area contributed by atoms with Gasteiger partial charge < -0.3 is 15.2 Å². The van der Waals surface area contributed by atoms with E-state index in [0.29, 0.717) is 18.9 Å². The van der Waals surface area contributed by atoms with Gasteiger partial charge in [0.15, 0.2) is 11.6 Å². The van der Waals surface area contributed by atoms with E-state index in [4.69, 9.17) is 15.2 Å². The minimum atomic E-state index is -0.426. The van der Waals surface area contributed by atoms with Gasteiger partial charge in [-0.15, -0.1) is 0 Å². The number of benzene rings is 2. The van der Waals surface area contributed by atoms with Gasteiger partial charge in [0.2, 0.25) is 0 Å². The van der Waals surface area contributed by atoms with E-state index in [1.165, 1.54) is 6.07 Å². The number of fused-ring (bicyclic) bond motifs is 1. The number of nitrogen functional groups attached to an aromatic ring is 1. The molecule has 1 aliphatic heterocycles. The van der Waals surface area contributed by atoms with E-state index in [2.05, 4.69) is 0 Å². The molecule has 2 aromatic carbocycles. The predicted octanol–water partition coefficient (Wildman–Crippen LogP) is 3.35. The van der Waals surface area contributed by atoms with Crippen molar-refractivity contribution in [3.05, 3.63) is 53.8 Å². The summed E-state index contributed by atoms with van der Waals surface area (Å²) in [6.45, 7) is 1.04. The topological polar surface area (TPSA) is 44.5 Å². The molecular weight excluding hydrogens is 257 g/mol. The van der Waals surface area contributed by atoms with Crippen LogP contribution >= 0.6 is 0 Å². The van der Waals surface area contributed by atoms with Crippen molar-refractivity contribution >= 4 is 5.69 Å². The maximum Gasteiger partial charge on any atom is 0.177 e. The molecule has 0 aromatic heterocycles. The lowest BCUT2D eigenvalue weighted by Gasteiger charge is -2.26. The highest BCUT2D eigenvalue weighted by molar-refractivity contribution is 5.52. The van der Waals surface area contributed by atoms with Gasteiger partial charge in [-0.3, -0.25) is 0 Å². The van der Waals surface area contributed by atoms with Crippen molar-refractivity contribution in [2.75, 3.05) is 18.9 Å². The van der Waals surface area contributed by atoms with Crippen LogP contribution in [0.25, 0.3) is 0 Å². The molecule has 2 aromatic rings. The van der Waals surface area contributed by atoms with Crippen molar-refractivity contribution < 1.29 is 13.9 Å². The quantitative estimate of drug-likeness (QED) is 0.872. The van der Waals surface area contributed by atoms with Crippen LogP contribution < -0.4 is 15.2 Å². The zero-order chi connectivity index (χ0) is 13.9. The number of nitrogens with two attached hydrogens (primary N) is 1. The number of anilines is 1. The van der Waals surface area contributed by atoms with Gasteiger partial charge in [-0.2, -0.15) is 0 Å². The van der Waals surface area contributed by atoms with E-state index in [0.717, 1.165) is 17.7 Å².